The molecule has 0 saturated heterocycles. The average molecular weight is 521 g/mol. The van der Waals surface area contributed by atoms with E-state index >= 15 is 0 Å². The molecule has 12 heteroatoms. The van der Waals surface area contributed by atoms with E-state index in [1.54, 1.807) is 48.5 Å². The fourth-order valence-corrected chi connectivity index (χ4v) is 4.97. The minimum absolute atomic E-state index is 0.0639. The van der Waals surface area contributed by atoms with Gasteiger partial charge in [0.05, 0.1) is 25.2 Å². The second-order valence-electron chi connectivity index (χ2n) is 7.09. The number of methoxy groups -OCH3 is 1. The van der Waals surface area contributed by atoms with Crippen molar-refractivity contribution >= 4 is 23.8 Å². The SMILES string of the molecule is COc1ccc(S(=O)(=O)NCC(=O)O)cc1OP(=O)(OCc1ccccc1)OCc1ccccc1. The van der Waals surface area contributed by atoms with Gasteiger partial charge in [-0.25, -0.2) is 13.0 Å². The molecule has 3 aromatic rings. The lowest BCUT2D eigenvalue weighted by Gasteiger charge is -2.20. The highest BCUT2D eigenvalue weighted by atomic mass is 32.2. The van der Waals surface area contributed by atoms with E-state index in [1.807, 2.05) is 16.9 Å². The van der Waals surface area contributed by atoms with E-state index in [0.717, 1.165) is 6.07 Å². The highest BCUT2D eigenvalue weighted by Crippen LogP contribution is 2.53. The first-order valence-electron chi connectivity index (χ1n) is 10.3. The first-order valence-corrected chi connectivity index (χ1v) is 13.2. The van der Waals surface area contributed by atoms with Gasteiger partial charge in [-0.2, -0.15) is 4.72 Å². The average Bonchev–Trinajstić information content (AvgIpc) is 2.86. The Morgan fingerprint density at radius 2 is 1.43 bits per heavy atom. The zero-order valence-electron chi connectivity index (χ0n) is 18.7. The largest absolute Gasteiger partial charge is 0.530 e. The lowest BCUT2D eigenvalue weighted by Crippen LogP contribution is -2.29. The van der Waals surface area contributed by atoms with E-state index in [-0.39, 0.29) is 29.6 Å². The van der Waals surface area contributed by atoms with Gasteiger partial charge in [-0.15, -0.1) is 0 Å². The van der Waals surface area contributed by atoms with E-state index in [4.69, 9.17) is 23.4 Å². The second kappa shape index (κ2) is 12.0. The van der Waals surface area contributed by atoms with Gasteiger partial charge in [0.2, 0.25) is 10.0 Å². The monoisotopic (exact) mass is 521 g/mol. The number of aliphatic carboxylic acids is 1. The number of carboxylic acid groups (broad SMARTS) is 1. The fourth-order valence-electron chi connectivity index (χ4n) is 2.80. The first-order chi connectivity index (χ1) is 16.7. The van der Waals surface area contributed by atoms with Crippen molar-refractivity contribution in [3.63, 3.8) is 0 Å². The van der Waals surface area contributed by atoms with Gasteiger partial charge in [0.15, 0.2) is 11.5 Å². The van der Waals surface area contributed by atoms with Crippen LogP contribution >= 0.6 is 7.82 Å². The van der Waals surface area contributed by atoms with Crippen LogP contribution < -0.4 is 14.0 Å². The van der Waals surface area contributed by atoms with Crippen LogP contribution in [0.5, 0.6) is 11.5 Å². The molecule has 3 aromatic carbocycles. The molecular weight excluding hydrogens is 497 g/mol. The Labute approximate surface area is 203 Å². The molecule has 0 atom stereocenters. The summed E-state index contributed by atoms with van der Waals surface area (Å²) in [6, 6.07) is 21.4. The number of ether oxygens (including phenoxy) is 1. The Kier molecular flexibility index (Phi) is 9.02. The molecule has 0 bridgehead atoms. The number of hydrogen-bond acceptors (Lipinski definition) is 8. The van der Waals surface area contributed by atoms with Crippen LogP contribution in [0.2, 0.25) is 0 Å². The van der Waals surface area contributed by atoms with Gasteiger partial charge in [-0.05, 0) is 23.3 Å². The van der Waals surface area contributed by atoms with E-state index < -0.39 is 30.4 Å². The summed E-state index contributed by atoms with van der Waals surface area (Å²) in [5.41, 5.74) is 1.42. The van der Waals surface area contributed by atoms with Crippen molar-refractivity contribution in [2.45, 2.75) is 18.1 Å². The van der Waals surface area contributed by atoms with E-state index in [0.29, 0.717) is 11.1 Å². The summed E-state index contributed by atoms with van der Waals surface area (Å²) >= 11 is 0. The normalized spacial score (nSPS) is 11.7. The number of phosphoric ester groups is 1. The first kappa shape index (κ1) is 26.4. The summed E-state index contributed by atoms with van der Waals surface area (Å²) in [5.74, 6) is -1.52. The number of nitrogens with one attached hydrogen (secondary N) is 1. The topological polar surface area (TPSA) is 137 Å². The lowest BCUT2D eigenvalue weighted by molar-refractivity contribution is -0.135. The molecule has 186 valence electrons. The van der Waals surface area contributed by atoms with E-state index in [9.17, 15) is 17.8 Å². The van der Waals surface area contributed by atoms with E-state index in [1.165, 1.54) is 19.2 Å². The summed E-state index contributed by atoms with van der Waals surface area (Å²) in [5, 5.41) is 8.78. The van der Waals surface area contributed by atoms with Gasteiger partial charge in [0.1, 0.15) is 6.54 Å². The lowest BCUT2D eigenvalue weighted by atomic mass is 10.2. The molecule has 0 radical (unpaired) electrons. The van der Waals surface area contributed by atoms with Crippen LogP contribution in [0.15, 0.2) is 83.8 Å². The van der Waals surface area contributed by atoms with Crippen LogP contribution in [-0.2, 0) is 41.6 Å². The second-order valence-corrected chi connectivity index (χ2v) is 10.4. The Bertz CT molecular complexity index is 1240. The third-order valence-electron chi connectivity index (χ3n) is 4.53. The van der Waals surface area contributed by atoms with Gasteiger partial charge in [-0.3, -0.25) is 13.8 Å². The van der Waals surface area contributed by atoms with Crippen LogP contribution in [0.4, 0.5) is 0 Å². The molecule has 2 N–H and O–H groups in total. The summed E-state index contributed by atoms with van der Waals surface area (Å²) < 4.78 is 62.4. The summed E-state index contributed by atoms with van der Waals surface area (Å²) in [4.78, 5) is 10.4. The van der Waals surface area contributed by atoms with Crippen molar-refractivity contribution in [3.8, 4) is 11.5 Å². The number of benzene rings is 3. The minimum Gasteiger partial charge on any atom is -0.493 e. The maximum absolute atomic E-state index is 13.6. The van der Waals surface area contributed by atoms with Crippen molar-refractivity contribution in [1.82, 2.24) is 4.72 Å². The molecule has 0 spiro atoms. The standard InChI is InChI=1S/C23H24NO9PS/c1-30-21-13-12-20(35(28,29)24-15-23(25)26)14-22(21)33-34(27,31-16-18-8-4-2-5-9-18)32-17-19-10-6-3-7-11-19/h2-14,24H,15-17H2,1H3,(H,25,26). The summed E-state index contributed by atoms with van der Waals surface area (Å²) in [7, 11) is -7.19. The quantitative estimate of drug-likeness (QED) is 0.320. The predicted molar refractivity (Wildman–Crippen MR) is 127 cm³/mol. The molecule has 0 aliphatic rings. The third-order valence-corrected chi connectivity index (χ3v) is 7.24. The van der Waals surface area contributed by atoms with Crippen molar-refractivity contribution in [3.05, 3.63) is 90.0 Å². The Morgan fingerprint density at radius 3 is 1.91 bits per heavy atom. The van der Waals surface area contributed by atoms with Crippen LogP contribution in [0.25, 0.3) is 0 Å². The molecule has 0 aliphatic carbocycles. The van der Waals surface area contributed by atoms with Crippen LogP contribution in [0, 0.1) is 0 Å². The minimum atomic E-state index is -4.30. The third kappa shape index (κ3) is 7.91. The number of sulfonamides is 1. The zero-order valence-corrected chi connectivity index (χ0v) is 20.4. The Balaban J connectivity index is 1.89. The van der Waals surface area contributed by atoms with Crippen molar-refractivity contribution in [2.24, 2.45) is 0 Å². The van der Waals surface area contributed by atoms with E-state index in [2.05, 4.69) is 0 Å². The highest BCUT2D eigenvalue weighted by molar-refractivity contribution is 7.89. The van der Waals surface area contributed by atoms with Crippen LogP contribution in [0.3, 0.4) is 0 Å². The van der Waals surface area contributed by atoms with Gasteiger partial charge >= 0.3 is 13.8 Å². The molecule has 0 aromatic heterocycles. The molecule has 0 saturated carbocycles. The van der Waals surface area contributed by atoms with Gasteiger partial charge in [0, 0.05) is 6.07 Å². The fraction of sp³-hybridized carbons (Fsp3) is 0.174. The summed E-state index contributed by atoms with van der Waals surface area (Å²) in [6.07, 6.45) is 0. The molecular formula is C23H24NO9PS. The van der Waals surface area contributed by atoms with Crippen molar-refractivity contribution in [1.29, 1.82) is 0 Å². The summed E-state index contributed by atoms with van der Waals surface area (Å²) in [6.45, 7) is -1.02. The van der Waals surface area contributed by atoms with Gasteiger partial charge in [-0.1, -0.05) is 60.7 Å². The highest BCUT2D eigenvalue weighted by Gasteiger charge is 2.31. The molecule has 0 heterocycles. The molecule has 10 nitrogen and oxygen atoms in total. The number of hydrogen-bond donors (Lipinski definition) is 2. The van der Waals surface area contributed by atoms with Crippen molar-refractivity contribution < 1.29 is 41.2 Å². The Morgan fingerprint density at radius 1 is 0.886 bits per heavy atom. The van der Waals surface area contributed by atoms with Gasteiger partial charge in [0.25, 0.3) is 0 Å². The van der Waals surface area contributed by atoms with Crippen molar-refractivity contribution in [2.75, 3.05) is 13.7 Å². The molecule has 35 heavy (non-hydrogen) atoms. The predicted octanol–water partition coefficient (Wildman–Crippen LogP) is 3.98. The zero-order chi connectivity index (χ0) is 25.3. The number of carbonyl (C=O) groups is 1. The molecule has 3 rings (SSSR count). The Hall–Kier alpha value is -3.21. The molecule has 0 aliphatic heterocycles. The van der Waals surface area contributed by atoms with Crippen LogP contribution in [0.1, 0.15) is 11.1 Å². The maximum atomic E-state index is 13.6. The number of phosphoric acid groups is 1. The van der Waals surface area contributed by atoms with Gasteiger partial charge < -0.3 is 14.4 Å². The van der Waals surface area contributed by atoms with Crippen LogP contribution in [-0.4, -0.2) is 33.1 Å². The number of rotatable bonds is 13. The maximum Gasteiger partial charge on any atom is 0.530 e. The molecule has 0 fully saturated rings. The molecule has 0 amide bonds. The smallest absolute Gasteiger partial charge is 0.493 e. The number of carboxylic acids is 1. The molecule has 0 unspecified atom stereocenters.